The maximum atomic E-state index is 12.5. The molecule has 1 aliphatic carbocycles. The Bertz CT molecular complexity index is 833. The average molecular weight is 595 g/mol. The van der Waals surface area contributed by atoms with Gasteiger partial charge in [0.15, 0.2) is 0 Å². The zero-order chi connectivity index (χ0) is 30.8. The van der Waals surface area contributed by atoms with Crippen LogP contribution < -0.4 is 5.43 Å². The molecule has 0 bridgehead atoms. The first-order valence-corrected chi connectivity index (χ1v) is 16.4. The van der Waals surface area contributed by atoms with Crippen LogP contribution in [-0.2, 0) is 18.9 Å². The fourth-order valence-electron chi connectivity index (χ4n) is 6.26. The van der Waals surface area contributed by atoms with Crippen molar-refractivity contribution in [2.45, 2.75) is 110 Å². The van der Waals surface area contributed by atoms with E-state index in [1.54, 1.807) is 4.90 Å². The third-order valence-corrected chi connectivity index (χ3v) is 9.08. The van der Waals surface area contributed by atoms with Crippen molar-refractivity contribution >= 4 is 6.09 Å². The zero-order valence-electron chi connectivity index (χ0n) is 28.1. The van der Waals surface area contributed by atoms with E-state index >= 15 is 0 Å². The molecule has 2 heterocycles. The second-order valence-corrected chi connectivity index (χ2v) is 14.6. The minimum Gasteiger partial charge on any atom is -0.444 e. The Morgan fingerprint density at radius 3 is 2.40 bits per heavy atom. The molecule has 2 aliphatic heterocycles. The minimum atomic E-state index is -0.494. The maximum Gasteiger partial charge on any atom is 0.410 e. The van der Waals surface area contributed by atoms with Crippen LogP contribution in [0.4, 0.5) is 4.79 Å². The second kappa shape index (κ2) is 16.6. The third kappa shape index (κ3) is 11.9. The highest BCUT2D eigenvalue weighted by molar-refractivity contribution is 5.67. The molecule has 1 amide bonds. The van der Waals surface area contributed by atoms with Gasteiger partial charge in [-0.05, 0) is 108 Å². The van der Waals surface area contributed by atoms with Gasteiger partial charge in [-0.3, -0.25) is 5.01 Å². The molecule has 0 radical (unpaired) electrons. The van der Waals surface area contributed by atoms with E-state index in [1.807, 2.05) is 34.9 Å². The van der Waals surface area contributed by atoms with Gasteiger partial charge in [0, 0.05) is 66.4 Å². The van der Waals surface area contributed by atoms with Crippen LogP contribution in [0, 0.1) is 17.3 Å². The molecule has 1 N–H and O–H groups in total. The standard InChI is InChI=1S/C33H62N4O5/c1-32(2,3)42-31(38)36(8)17-16-35(7)23-28(24-37(34-6)30-11-9-10-18-40-30)21-27-12-15-33(4,5)29(22-27)41-25-26-13-19-39-20-14-26/h24,26-27,29-30,34H,9-23,25H2,1-8H3/b28-24+/t27?,29-,30?/m1/s1. The summed E-state index contributed by atoms with van der Waals surface area (Å²) < 4.78 is 23.9. The largest absolute Gasteiger partial charge is 0.444 e. The first-order chi connectivity index (χ1) is 19.9. The smallest absolute Gasteiger partial charge is 0.410 e. The number of amides is 1. The van der Waals surface area contributed by atoms with Crippen LogP contribution in [-0.4, -0.2) is 106 Å². The molecule has 1 saturated carbocycles. The summed E-state index contributed by atoms with van der Waals surface area (Å²) in [7, 11) is 5.93. The average Bonchev–Trinajstić information content (AvgIpc) is 2.94. The Morgan fingerprint density at radius 2 is 1.76 bits per heavy atom. The van der Waals surface area contributed by atoms with E-state index < -0.39 is 5.60 Å². The van der Waals surface area contributed by atoms with Crippen molar-refractivity contribution in [3.8, 4) is 0 Å². The molecule has 42 heavy (non-hydrogen) atoms. The fraction of sp³-hybridized carbons (Fsp3) is 0.909. The second-order valence-electron chi connectivity index (χ2n) is 14.6. The summed E-state index contributed by atoms with van der Waals surface area (Å²) in [6.07, 6.45) is 12.4. The molecule has 2 unspecified atom stereocenters. The van der Waals surface area contributed by atoms with Gasteiger partial charge < -0.3 is 28.7 Å². The predicted octanol–water partition coefficient (Wildman–Crippen LogP) is 5.66. The van der Waals surface area contributed by atoms with Crippen molar-refractivity contribution in [2.24, 2.45) is 17.3 Å². The van der Waals surface area contributed by atoms with Gasteiger partial charge in [-0.2, -0.15) is 0 Å². The normalized spacial score (nSPS) is 25.8. The van der Waals surface area contributed by atoms with Crippen molar-refractivity contribution in [1.29, 1.82) is 0 Å². The Morgan fingerprint density at radius 1 is 1.02 bits per heavy atom. The lowest BCUT2D eigenvalue weighted by Crippen LogP contribution is -2.44. The summed E-state index contributed by atoms with van der Waals surface area (Å²) >= 11 is 0. The molecule has 3 rings (SSSR count). The Hall–Kier alpha value is -1.39. The lowest BCUT2D eigenvalue weighted by atomic mass is 9.69. The quantitative estimate of drug-likeness (QED) is 0.274. The summed E-state index contributed by atoms with van der Waals surface area (Å²) in [5.74, 6) is 1.20. The highest BCUT2D eigenvalue weighted by Crippen LogP contribution is 2.42. The first kappa shape index (κ1) is 35.1. The first-order valence-electron chi connectivity index (χ1n) is 16.4. The molecule has 3 atom stereocenters. The van der Waals surface area contributed by atoms with E-state index in [0.717, 1.165) is 78.0 Å². The summed E-state index contributed by atoms with van der Waals surface area (Å²) in [4.78, 5) is 16.5. The van der Waals surface area contributed by atoms with E-state index in [9.17, 15) is 4.79 Å². The molecular weight excluding hydrogens is 532 g/mol. The van der Waals surface area contributed by atoms with Gasteiger partial charge >= 0.3 is 6.09 Å². The number of hydrogen-bond acceptors (Lipinski definition) is 8. The van der Waals surface area contributed by atoms with Crippen molar-refractivity contribution in [3.63, 3.8) is 0 Å². The molecule has 2 saturated heterocycles. The van der Waals surface area contributed by atoms with Crippen LogP contribution in [0.25, 0.3) is 0 Å². The van der Waals surface area contributed by atoms with Gasteiger partial charge in [-0.15, -0.1) is 0 Å². The van der Waals surface area contributed by atoms with Crippen molar-refractivity contribution < 1.29 is 23.7 Å². The van der Waals surface area contributed by atoms with E-state index in [0.29, 0.717) is 18.4 Å². The summed E-state index contributed by atoms with van der Waals surface area (Å²) in [5.41, 5.74) is 4.47. The van der Waals surface area contributed by atoms with Crippen LogP contribution in [0.15, 0.2) is 11.8 Å². The number of likely N-dealkylation sites (N-methyl/N-ethyl adjacent to an activating group) is 2. The molecule has 0 aromatic carbocycles. The third-order valence-electron chi connectivity index (χ3n) is 9.08. The summed E-state index contributed by atoms with van der Waals surface area (Å²) in [5, 5.41) is 2.17. The van der Waals surface area contributed by atoms with Gasteiger partial charge in [0.1, 0.15) is 11.8 Å². The molecule has 3 aliphatic rings. The zero-order valence-corrected chi connectivity index (χ0v) is 28.1. The lowest BCUT2D eigenvalue weighted by Gasteiger charge is -2.43. The Kier molecular flexibility index (Phi) is 13.9. The number of carbonyl (C=O) groups is 1. The van der Waals surface area contributed by atoms with E-state index in [1.165, 1.54) is 24.8 Å². The van der Waals surface area contributed by atoms with E-state index in [4.69, 9.17) is 18.9 Å². The van der Waals surface area contributed by atoms with Gasteiger partial charge in [-0.1, -0.05) is 13.8 Å². The molecule has 0 spiro atoms. The lowest BCUT2D eigenvalue weighted by molar-refractivity contribution is -0.0873. The highest BCUT2D eigenvalue weighted by atomic mass is 16.6. The SMILES string of the molecule is CNN(/C=C(\CC1CCC(C)(C)[C@H](OCC2CCOCC2)C1)CN(C)CCN(C)C(=O)OC(C)(C)C)C1CCCCO1. The van der Waals surface area contributed by atoms with Crippen molar-refractivity contribution in [1.82, 2.24) is 20.2 Å². The van der Waals surface area contributed by atoms with E-state index in [2.05, 4.69) is 42.4 Å². The van der Waals surface area contributed by atoms with Crippen LogP contribution >= 0.6 is 0 Å². The van der Waals surface area contributed by atoms with Crippen LogP contribution in [0.1, 0.15) is 92.4 Å². The number of ether oxygens (including phenoxy) is 4. The number of nitrogens with one attached hydrogen (secondary N) is 1. The molecule has 244 valence electrons. The van der Waals surface area contributed by atoms with Gasteiger partial charge in [0.2, 0.25) is 0 Å². The van der Waals surface area contributed by atoms with E-state index in [-0.39, 0.29) is 23.8 Å². The maximum absolute atomic E-state index is 12.5. The monoisotopic (exact) mass is 594 g/mol. The minimum absolute atomic E-state index is 0.0585. The van der Waals surface area contributed by atoms with Gasteiger partial charge in [-0.25, -0.2) is 10.2 Å². The topological polar surface area (TPSA) is 75.7 Å². The number of carbonyl (C=O) groups excluding carboxylic acids is 1. The molecule has 3 fully saturated rings. The van der Waals surface area contributed by atoms with Crippen LogP contribution in [0.5, 0.6) is 0 Å². The van der Waals surface area contributed by atoms with Crippen molar-refractivity contribution in [2.75, 3.05) is 67.2 Å². The molecule has 0 aromatic heterocycles. The number of nitrogens with zero attached hydrogens (tertiary/aromatic N) is 3. The molecule has 9 heteroatoms. The predicted molar refractivity (Wildman–Crippen MR) is 168 cm³/mol. The molecule has 0 aromatic rings. The van der Waals surface area contributed by atoms with Gasteiger partial charge in [0.25, 0.3) is 0 Å². The van der Waals surface area contributed by atoms with Crippen molar-refractivity contribution in [3.05, 3.63) is 11.8 Å². The molecular formula is C33H62N4O5. The van der Waals surface area contributed by atoms with Crippen LogP contribution in [0.2, 0.25) is 0 Å². The molecule has 9 nitrogen and oxygen atoms in total. The number of hydrogen-bond donors (Lipinski definition) is 1. The number of rotatable bonds is 13. The number of hydrazine groups is 1. The summed E-state index contributed by atoms with van der Waals surface area (Å²) in [6, 6.07) is 0. The van der Waals surface area contributed by atoms with Gasteiger partial charge in [0.05, 0.1) is 6.10 Å². The highest BCUT2D eigenvalue weighted by Gasteiger charge is 2.38. The Balaban J connectivity index is 1.65. The Labute approximate surface area is 256 Å². The fourth-order valence-corrected chi connectivity index (χ4v) is 6.26. The summed E-state index contributed by atoms with van der Waals surface area (Å²) in [6.45, 7) is 16.1. The van der Waals surface area contributed by atoms with Crippen LogP contribution in [0.3, 0.4) is 0 Å².